The summed E-state index contributed by atoms with van der Waals surface area (Å²) in [4.78, 5) is 2.65. The van der Waals surface area contributed by atoms with Crippen molar-refractivity contribution in [3.05, 3.63) is 52.2 Å². The monoisotopic (exact) mass is 236 g/mol. The second-order valence-electron chi connectivity index (χ2n) is 3.17. The average molecular weight is 236 g/mol. The minimum atomic E-state index is 0.121. The molecule has 0 aliphatic rings. The largest absolute Gasteiger partial charge is 0.392 e. The molecule has 0 fully saturated rings. The summed E-state index contributed by atoms with van der Waals surface area (Å²) in [5.74, 6) is 1.02. The third-order valence-corrected chi connectivity index (χ3v) is 4.19. The molecule has 0 spiro atoms. The molecule has 1 N–H and O–H groups in total. The molecule has 2 rings (SSSR count). The van der Waals surface area contributed by atoms with Crippen LogP contribution in [0.3, 0.4) is 0 Å². The highest BCUT2D eigenvalue weighted by atomic mass is 32.2. The predicted molar refractivity (Wildman–Crippen MR) is 66.2 cm³/mol. The Bertz CT molecular complexity index is 392. The van der Waals surface area contributed by atoms with E-state index in [1.54, 1.807) is 11.3 Å². The van der Waals surface area contributed by atoms with Crippen LogP contribution >= 0.6 is 23.1 Å². The van der Waals surface area contributed by atoms with Crippen LogP contribution < -0.4 is 0 Å². The summed E-state index contributed by atoms with van der Waals surface area (Å²) in [5, 5.41) is 11.0. The molecule has 0 amide bonds. The number of thioether (sulfide) groups is 1. The fourth-order valence-corrected chi connectivity index (χ4v) is 2.91. The SMILES string of the molecule is OCc1ccc(SCc2cccs2)cc1. The molecule has 0 aliphatic carbocycles. The summed E-state index contributed by atoms with van der Waals surface area (Å²) in [6.45, 7) is 0.121. The summed E-state index contributed by atoms with van der Waals surface area (Å²) >= 11 is 3.62. The van der Waals surface area contributed by atoms with Crippen molar-refractivity contribution < 1.29 is 5.11 Å². The Kier molecular flexibility index (Phi) is 3.83. The molecular formula is C12H12OS2. The van der Waals surface area contributed by atoms with Gasteiger partial charge in [-0.2, -0.15) is 0 Å². The van der Waals surface area contributed by atoms with Gasteiger partial charge in [-0.25, -0.2) is 0 Å². The highest BCUT2D eigenvalue weighted by Crippen LogP contribution is 2.25. The zero-order chi connectivity index (χ0) is 10.5. The number of benzene rings is 1. The van der Waals surface area contributed by atoms with Crippen LogP contribution in [0.5, 0.6) is 0 Å². The topological polar surface area (TPSA) is 20.2 Å². The van der Waals surface area contributed by atoms with E-state index in [2.05, 4.69) is 29.6 Å². The van der Waals surface area contributed by atoms with E-state index >= 15 is 0 Å². The zero-order valence-electron chi connectivity index (χ0n) is 8.22. The van der Waals surface area contributed by atoms with Crippen molar-refractivity contribution in [2.45, 2.75) is 17.3 Å². The van der Waals surface area contributed by atoms with Gasteiger partial charge in [-0.3, -0.25) is 0 Å². The Labute approximate surface area is 97.8 Å². The summed E-state index contributed by atoms with van der Waals surface area (Å²) in [7, 11) is 0. The maximum Gasteiger partial charge on any atom is 0.0681 e. The van der Waals surface area contributed by atoms with Crippen LogP contribution in [0.4, 0.5) is 0 Å². The van der Waals surface area contributed by atoms with Gasteiger partial charge in [0.1, 0.15) is 0 Å². The maximum absolute atomic E-state index is 8.90. The molecule has 0 unspecified atom stereocenters. The molecule has 0 bridgehead atoms. The smallest absolute Gasteiger partial charge is 0.0681 e. The van der Waals surface area contributed by atoms with Gasteiger partial charge in [0, 0.05) is 15.5 Å². The number of thiophene rings is 1. The summed E-state index contributed by atoms with van der Waals surface area (Å²) < 4.78 is 0. The van der Waals surface area contributed by atoms with Gasteiger partial charge in [0.2, 0.25) is 0 Å². The Morgan fingerprint density at radius 2 is 1.93 bits per heavy atom. The first-order valence-corrected chi connectivity index (χ1v) is 6.60. The molecule has 78 valence electrons. The highest BCUT2D eigenvalue weighted by Gasteiger charge is 1.97. The van der Waals surface area contributed by atoms with Gasteiger partial charge in [-0.1, -0.05) is 18.2 Å². The first-order valence-electron chi connectivity index (χ1n) is 4.73. The lowest BCUT2D eigenvalue weighted by molar-refractivity contribution is 0.282. The van der Waals surface area contributed by atoms with Crippen LogP contribution in [0.15, 0.2) is 46.7 Å². The van der Waals surface area contributed by atoms with E-state index in [-0.39, 0.29) is 6.61 Å². The number of aliphatic hydroxyl groups excluding tert-OH is 1. The third-order valence-electron chi connectivity index (χ3n) is 2.07. The van der Waals surface area contributed by atoms with Crippen LogP contribution in [0.2, 0.25) is 0 Å². The van der Waals surface area contributed by atoms with Gasteiger partial charge in [0.15, 0.2) is 0 Å². The van der Waals surface area contributed by atoms with Crippen LogP contribution in [-0.2, 0) is 12.4 Å². The fraction of sp³-hybridized carbons (Fsp3) is 0.167. The van der Waals surface area contributed by atoms with E-state index in [0.717, 1.165) is 11.3 Å². The molecular weight excluding hydrogens is 224 g/mol. The zero-order valence-corrected chi connectivity index (χ0v) is 9.85. The lowest BCUT2D eigenvalue weighted by atomic mass is 10.2. The summed E-state index contributed by atoms with van der Waals surface area (Å²) in [5.41, 5.74) is 0.968. The molecule has 0 saturated carbocycles. The van der Waals surface area contributed by atoms with Crippen molar-refractivity contribution in [2.24, 2.45) is 0 Å². The quantitative estimate of drug-likeness (QED) is 0.819. The third kappa shape index (κ3) is 3.09. The molecule has 0 atom stereocenters. The molecule has 3 heteroatoms. The van der Waals surface area contributed by atoms with Gasteiger partial charge >= 0.3 is 0 Å². The molecule has 0 saturated heterocycles. The number of hydrogen-bond donors (Lipinski definition) is 1. The van der Waals surface area contributed by atoms with Gasteiger partial charge < -0.3 is 5.11 Å². The standard InChI is InChI=1S/C12H12OS2/c13-8-10-3-5-11(6-4-10)15-9-12-2-1-7-14-12/h1-7,13H,8-9H2. The van der Waals surface area contributed by atoms with Crippen molar-refractivity contribution in [1.29, 1.82) is 0 Å². The highest BCUT2D eigenvalue weighted by molar-refractivity contribution is 7.98. The number of rotatable bonds is 4. The predicted octanol–water partition coefficient (Wildman–Crippen LogP) is 3.53. The van der Waals surface area contributed by atoms with Crippen molar-refractivity contribution in [3.8, 4) is 0 Å². The van der Waals surface area contributed by atoms with Gasteiger partial charge in [0.25, 0.3) is 0 Å². The van der Waals surface area contributed by atoms with Crippen molar-refractivity contribution in [3.63, 3.8) is 0 Å². The summed E-state index contributed by atoms with van der Waals surface area (Å²) in [6.07, 6.45) is 0. The minimum absolute atomic E-state index is 0.121. The Hall–Kier alpha value is -0.770. The molecule has 1 aromatic carbocycles. The molecule has 1 heterocycles. The average Bonchev–Trinajstić information content (AvgIpc) is 2.80. The van der Waals surface area contributed by atoms with Gasteiger partial charge in [-0.05, 0) is 29.1 Å². The molecule has 0 radical (unpaired) electrons. The lowest BCUT2D eigenvalue weighted by Gasteiger charge is -2.01. The summed E-state index contributed by atoms with van der Waals surface area (Å²) in [6, 6.07) is 12.3. The molecule has 2 aromatic rings. The van der Waals surface area contributed by atoms with Crippen molar-refractivity contribution >= 4 is 23.1 Å². The number of hydrogen-bond acceptors (Lipinski definition) is 3. The van der Waals surface area contributed by atoms with Crippen molar-refractivity contribution in [1.82, 2.24) is 0 Å². The van der Waals surface area contributed by atoms with Crippen molar-refractivity contribution in [2.75, 3.05) is 0 Å². The Morgan fingerprint density at radius 3 is 2.53 bits per heavy atom. The van der Waals surface area contributed by atoms with Crippen LogP contribution in [0.1, 0.15) is 10.4 Å². The van der Waals surface area contributed by atoms with Gasteiger partial charge in [-0.15, -0.1) is 23.1 Å². The van der Waals surface area contributed by atoms with Crippen LogP contribution in [0.25, 0.3) is 0 Å². The minimum Gasteiger partial charge on any atom is -0.392 e. The van der Waals surface area contributed by atoms with E-state index in [1.807, 2.05) is 23.9 Å². The number of aliphatic hydroxyl groups is 1. The maximum atomic E-state index is 8.90. The fourth-order valence-electron chi connectivity index (χ4n) is 1.24. The van der Waals surface area contributed by atoms with E-state index in [9.17, 15) is 0 Å². The molecule has 15 heavy (non-hydrogen) atoms. The Morgan fingerprint density at radius 1 is 1.13 bits per heavy atom. The second-order valence-corrected chi connectivity index (χ2v) is 5.25. The molecule has 1 nitrogen and oxygen atoms in total. The van der Waals surface area contributed by atoms with Crippen LogP contribution in [-0.4, -0.2) is 5.11 Å². The van der Waals surface area contributed by atoms with E-state index < -0.39 is 0 Å². The normalized spacial score (nSPS) is 10.5. The molecule has 0 aliphatic heterocycles. The second kappa shape index (κ2) is 5.35. The van der Waals surface area contributed by atoms with E-state index in [1.165, 1.54) is 9.77 Å². The van der Waals surface area contributed by atoms with E-state index in [0.29, 0.717) is 0 Å². The van der Waals surface area contributed by atoms with Crippen LogP contribution in [0, 0.1) is 0 Å². The lowest BCUT2D eigenvalue weighted by Crippen LogP contribution is -1.81. The Balaban J connectivity index is 1.93. The first-order chi connectivity index (χ1) is 7.38. The molecule has 1 aromatic heterocycles. The van der Waals surface area contributed by atoms with Gasteiger partial charge in [0.05, 0.1) is 6.61 Å². The van der Waals surface area contributed by atoms with E-state index in [4.69, 9.17) is 5.11 Å². The first kappa shape index (κ1) is 10.7.